The van der Waals surface area contributed by atoms with E-state index in [0.29, 0.717) is 32.5 Å². The van der Waals surface area contributed by atoms with E-state index in [9.17, 15) is 24.0 Å². The van der Waals surface area contributed by atoms with Crippen molar-refractivity contribution in [2.24, 2.45) is 0 Å². The number of carbonyl (C=O) groups is 5. The van der Waals surface area contributed by atoms with E-state index in [0.717, 1.165) is 56.6 Å². The third-order valence-corrected chi connectivity index (χ3v) is 12.4. The Hall–Kier alpha value is -3.85. The van der Waals surface area contributed by atoms with Crippen LogP contribution in [-0.4, -0.2) is 74.4 Å². The molecule has 3 aliphatic rings. The first kappa shape index (κ1) is 34.5. The Balaban J connectivity index is 1.75. The lowest BCUT2D eigenvalue weighted by molar-refractivity contribution is -0.138. The van der Waals surface area contributed by atoms with Gasteiger partial charge in [0.2, 0.25) is 0 Å². The molecular weight excluding hydrogens is 690 g/mol. The fraction of sp³-hybridized carbons (Fsp3) is 0.281. The fourth-order valence-electron chi connectivity index (χ4n) is 5.45. The van der Waals surface area contributed by atoms with Crippen LogP contribution in [0, 0.1) is 0 Å². The lowest BCUT2D eigenvalue weighted by atomic mass is 9.83. The van der Waals surface area contributed by atoms with Crippen molar-refractivity contribution in [1.29, 1.82) is 0 Å². The summed E-state index contributed by atoms with van der Waals surface area (Å²) in [6.45, 7) is 3.24. The van der Waals surface area contributed by atoms with Crippen molar-refractivity contribution in [2.45, 2.75) is 23.5 Å². The number of methoxy groups -OCH3 is 4. The lowest BCUT2D eigenvalue weighted by Gasteiger charge is -2.50. The molecule has 0 saturated heterocycles. The van der Waals surface area contributed by atoms with E-state index in [4.69, 9.17) is 35.3 Å². The molecule has 246 valence electrons. The molecule has 3 aliphatic heterocycles. The summed E-state index contributed by atoms with van der Waals surface area (Å²) >= 11 is 8.68. The van der Waals surface area contributed by atoms with Crippen molar-refractivity contribution in [1.82, 2.24) is 0 Å². The summed E-state index contributed by atoms with van der Waals surface area (Å²) in [5.41, 5.74) is 0.133. The molecule has 11 nitrogen and oxygen atoms in total. The molecule has 2 aromatic carbocycles. The largest absolute Gasteiger partial charge is 0.484 e. The average Bonchev–Trinajstić information content (AvgIpc) is 3.46. The quantitative estimate of drug-likeness (QED) is 0.270. The van der Waals surface area contributed by atoms with Crippen molar-refractivity contribution >= 4 is 87.9 Å². The average molecular weight is 718 g/mol. The number of hydrogen-bond donors (Lipinski definition) is 0. The summed E-state index contributed by atoms with van der Waals surface area (Å²) in [4.78, 5) is 69.2. The summed E-state index contributed by atoms with van der Waals surface area (Å²) in [6, 6.07) is 13.6. The first-order chi connectivity index (χ1) is 22.4. The lowest BCUT2D eigenvalue weighted by Crippen LogP contribution is -2.55. The second kappa shape index (κ2) is 13.3. The molecule has 0 saturated carbocycles. The van der Waals surface area contributed by atoms with Crippen LogP contribution < -0.4 is 9.64 Å². The monoisotopic (exact) mass is 717 g/mol. The van der Waals surface area contributed by atoms with Gasteiger partial charge < -0.3 is 23.7 Å². The summed E-state index contributed by atoms with van der Waals surface area (Å²) in [5.74, 6) is -3.40. The summed E-state index contributed by atoms with van der Waals surface area (Å²) in [6.07, 6.45) is 0. The van der Waals surface area contributed by atoms with Gasteiger partial charge in [0.05, 0.1) is 45.2 Å². The van der Waals surface area contributed by atoms with Gasteiger partial charge in [0.25, 0.3) is 5.91 Å². The molecule has 0 radical (unpaired) electrons. The summed E-state index contributed by atoms with van der Waals surface area (Å²) in [5, 5.41) is 0.515. The topological polar surface area (TPSA) is 135 Å². The van der Waals surface area contributed by atoms with Crippen LogP contribution in [0.3, 0.4) is 0 Å². The minimum absolute atomic E-state index is 0.126. The fourth-order valence-corrected chi connectivity index (χ4v) is 10.6. The van der Waals surface area contributed by atoms with Crippen LogP contribution in [0.4, 0.5) is 5.69 Å². The van der Waals surface area contributed by atoms with Gasteiger partial charge in [-0.2, -0.15) is 0 Å². The molecule has 2 aromatic rings. The third-order valence-electron chi connectivity index (χ3n) is 7.47. The second-order valence-electron chi connectivity index (χ2n) is 10.5. The van der Waals surface area contributed by atoms with E-state index in [1.54, 1.807) is 67.3 Å². The number of thioether (sulfide) groups is 3. The van der Waals surface area contributed by atoms with Gasteiger partial charge in [-0.1, -0.05) is 65.1 Å². The van der Waals surface area contributed by atoms with Gasteiger partial charge in [-0.3, -0.25) is 9.69 Å². The Morgan fingerprint density at radius 3 is 1.83 bits per heavy atom. The third kappa shape index (κ3) is 5.81. The van der Waals surface area contributed by atoms with Gasteiger partial charge in [-0.05, 0) is 44.2 Å². The predicted molar refractivity (Wildman–Crippen MR) is 179 cm³/mol. The van der Waals surface area contributed by atoms with Gasteiger partial charge in [0.15, 0.2) is 6.61 Å². The first-order valence-electron chi connectivity index (χ1n) is 13.8. The van der Waals surface area contributed by atoms with Crippen LogP contribution in [0.1, 0.15) is 19.4 Å². The van der Waals surface area contributed by atoms with E-state index in [1.807, 2.05) is 0 Å². The van der Waals surface area contributed by atoms with E-state index in [2.05, 4.69) is 0 Å². The molecule has 0 fully saturated rings. The van der Waals surface area contributed by atoms with Gasteiger partial charge in [-0.15, -0.1) is 0 Å². The number of hydrogen-bond acceptors (Lipinski definition) is 13. The molecular formula is C32H28ClNO10S3. The van der Waals surface area contributed by atoms with E-state index < -0.39 is 39.4 Å². The maximum Gasteiger partial charge on any atom is 0.345 e. The highest BCUT2D eigenvalue weighted by atomic mass is 35.5. The number of halogens is 1. The molecule has 47 heavy (non-hydrogen) atoms. The first-order valence-corrected chi connectivity index (χ1v) is 16.6. The number of rotatable bonds is 7. The number of carbonyl (C=O) groups excluding carboxylic acids is 5. The van der Waals surface area contributed by atoms with Gasteiger partial charge in [0, 0.05) is 21.1 Å². The molecule has 0 unspecified atom stereocenters. The molecule has 0 aliphatic carbocycles. The number of esters is 4. The van der Waals surface area contributed by atoms with Crippen molar-refractivity contribution in [2.75, 3.05) is 39.9 Å². The van der Waals surface area contributed by atoms with Crippen LogP contribution in [-0.2, 0) is 42.9 Å². The summed E-state index contributed by atoms with van der Waals surface area (Å²) in [7, 11) is 4.65. The van der Waals surface area contributed by atoms with Gasteiger partial charge in [0.1, 0.15) is 24.5 Å². The van der Waals surface area contributed by atoms with Gasteiger partial charge >= 0.3 is 23.9 Å². The van der Waals surface area contributed by atoms with Crippen molar-refractivity contribution in [3.8, 4) is 5.75 Å². The summed E-state index contributed by atoms with van der Waals surface area (Å²) < 4.78 is 24.5. The second-order valence-corrected chi connectivity index (χ2v) is 14.7. The van der Waals surface area contributed by atoms with Crippen molar-refractivity contribution < 1.29 is 47.7 Å². The normalized spacial score (nSPS) is 17.6. The molecule has 0 aromatic heterocycles. The molecule has 0 N–H and O–H groups in total. The number of amides is 1. The highest BCUT2D eigenvalue weighted by Crippen LogP contribution is 2.71. The van der Waals surface area contributed by atoms with Crippen LogP contribution in [0.15, 0.2) is 73.7 Å². The Morgan fingerprint density at radius 2 is 1.28 bits per heavy atom. The zero-order valence-corrected chi connectivity index (χ0v) is 29.2. The zero-order chi connectivity index (χ0) is 34.3. The van der Waals surface area contributed by atoms with E-state index in [-0.39, 0.29) is 26.9 Å². The number of ether oxygens (including phenoxy) is 5. The standard InChI is InChI=1S/C32H28ClNO10S3/c1-31(2)26-21(18-9-7-8-10-19(18)34(31)20(35)15-44-17-13-11-16(33)12-14-17)32(22(27(36)40-3)23(45-26)28(37)41-4)46-24(29(38)42-5)25(47-32)30(39)43-6/h7-14H,15H2,1-6H3. The van der Waals surface area contributed by atoms with Crippen LogP contribution in [0.5, 0.6) is 5.75 Å². The minimum Gasteiger partial charge on any atom is -0.484 e. The molecule has 15 heteroatoms. The number of anilines is 1. The zero-order valence-electron chi connectivity index (χ0n) is 26.0. The Kier molecular flexibility index (Phi) is 9.79. The molecule has 0 bridgehead atoms. The Bertz CT molecular complexity index is 1770. The van der Waals surface area contributed by atoms with Crippen molar-refractivity contribution in [3.05, 3.63) is 84.3 Å². The highest BCUT2D eigenvalue weighted by molar-refractivity contribution is 8.26. The van der Waals surface area contributed by atoms with Crippen LogP contribution >= 0.6 is 46.9 Å². The van der Waals surface area contributed by atoms with Gasteiger partial charge in [-0.25, -0.2) is 19.2 Å². The number of para-hydroxylation sites is 1. The minimum atomic E-state index is -1.66. The predicted octanol–water partition coefficient (Wildman–Crippen LogP) is 5.34. The maximum absolute atomic E-state index is 14.1. The van der Waals surface area contributed by atoms with E-state index in [1.165, 1.54) is 7.11 Å². The molecule has 5 rings (SSSR count). The Labute approximate surface area is 288 Å². The van der Waals surface area contributed by atoms with Crippen molar-refractivity contribution in [3.63, 3.8) is 0 Å². The molecule has 0 atom stereocenters. The SMILES string of the molecule is COC(=O)C1=C(C(=O)OC)SC2(S1)C(C(=O)OC)=C(C(=O)OC)SC1=C2c2ccccc2N(C(=O)COc2ccc(Cl)cc2)C1(C)C. The molecule has 1 amide bonds. The number of nitrogens with zero attached hydrogens (tertiary/aromatic N) is 1. The molecule has 3 heterocycles. The highest BCUT2D eigenvalue weighted by Gasteiger charge is 2.61. The molecule has 1 spiro atoms. The van der Waals surface area contributed by atoms with E-state index >= 15 is 0 Å². The van der Waals surface area contributed by atoms with Crippen LogP contribution in [0.2, 0.25) is 5.02 Å². The Morgan fingerprint density at radius 1 is 0.745 bits per heavy atom. The smallest absolute Gasteiger partial charge is 0.345 e. The number of benzene rings is 2. The maximum atomic E-state index is 14.1. The number of fused-ring (bicyclic) bond motifs is 3. The van der Waals surface area contributed by atoms with Crippen LogP contribution in [0.25, 0.3) is 5.57 Å².